The Kier molecular flexibility index (Phi) is 11.2. The lowest BCUT2D eigenvalue weighted by Gasteiger charge is -2.32. The highest BCUT2D eigenvalue weighted by molar-refractivity contribution is 5.95. The van der Waals surface area contributed by atoms with Gasteiger partial charge in [0.1, 0.15) is 0 Å². The van der Waals surface area contributed by atoms with Crippen LogP contribution >= 0.6 is 12.4 Å². The van der Waals surface area contributed by atoms with E-state index in [0.717, 1.165) is 57.6 Å². The molecule has 2 rings (SSSR count). The van der Waals surface area contributed by atoms with E-state index in [1.165, 1.54) is 0 Å². The van der Waals surface area contributed by atoms with Gasteiger partial charge >= 0.3 is 0 Å². The van der Waals surface area contributed by atoms with Gasteiger partial charge in [-0.3, -0.25) is 4.79 Å². The van der Waals surface area contributed by atoms with Crippen molar-refractivity contribution in [2.45, 2.75) is 46.5 Å². The molecule has 6 heteroatoms. The molecule has 1 aliphatic heterocycles. The van der Waals surface area contributed by atoms with Gasteiger partial charge < -0.3 is 19.7 Å². The van der Waals surface area contributed by atoms with Crippen LogP contribution in [0.25, 0.3) is 0 Å². The van der Waals surface area contributed by atoms with Crippen LogP contribution < -0.4 is 14.8 Å². The minimum atomic E-state index is 0. The van der Waals surface area contributed by atoms with E-state index in [2.05, 4.69) is 26.1 Å². The van der Waals surface area contributed by atoms with Crippen molar-refractivity contribution in [1.82, 2.24) is 10.2 Å². The summed E-state index contributed by atoms with van der Waals surface area (Å²) in [5.41, 5.74) is 0.685. The second kappa shape index (κ2) is 12.8. The predicted octanol–water partition coefficient (Wildman–Crippen LogP) is 4.15. The maximum Gasteiger partial charge on any atom is 0.253 e. The largest absolute Gasteiger partial charge is 0.490 e. The Hall–Kier alpha value is -1.46. The van der Waals surface area contributed by atoms with E-state index in [-0.39, 0.29) is 18.3 Å². The quantitative estimate of drug-likeness (QED) is 0.643. The molecule has 1 aromatic rings. The molecule has 0 unspecified atom stereocenters. The highest BCUT2D eigenvalue weighted by atomic mass is 35.5. The monoisotopic (exact) mass is 398 g/mol. The van der Waals surface area contributed by atoms with E-state index in [1.807, 2.05) is 23.1 Å². The van der Waals surface area contributed by atoms with E-state index in [1.54, 1.807) is 0 Å². The Morgan fingerprint density at radius 1 is 1.07 bits per heavy atom. The van der Waals surface area contributed by atoms with Crippen LogP contribution in [0.15, 0.2) is 18.2 Å². The number of amides is 1. The maximum atomic E-state index is 12.9. The van der Waals surface area contributed by atoms with Gasteiger partial charge in [0.25, 0.3) is 5.91 Å². The fourth-order valence-corrected chi connectivity index (χ4v) is 3.17. The summed E-state index contributed by atoms with van der Waals surface area (Å²) in [4.78, 5) is 14.9. The lowest BCUT2D eigenvalue weighted by Crippen LogP contribution is -2.40. The molecular formula is C21H35ClN2O3. The number of benzene rings is 1. The van der Waals surface area contributed by atoms with Gasteiger partial charge in [-0.25, -0.2) is 0 Å². The first-order valence-electron chi connectivity index (χ1n) is 10.1. The molecule has 1 heterocycles. The Labute approximate surface area is 170 Å². The molecule has 1 aliphatic rings. The van der Waals surface area contributed by atoms with Crippen LogP contribution in [0, 0.1) is 5.92 Å². The third-order valence-electron chi connectivity index (χ3n) is 4.70. The van der Waals surface area contributed by atoms with E-state index in [4.69, 9.17) is 9.47 Å². The lowest BCUT2D eigenvalue weighted by atomic mass is 9.96. The van der Waals surface area contributed by atoms with Gasteiger partial charge in [0.15, 0.2) is 11.5 Å². The Bertz CT molecular complexity index is 560. The van der Waals surface area contributed by atoms with Gasteiger partial charge in [0, 0.05) is 18.7 Å². The summed E-state index contributed by atoms with van der Waals surface area (Å²) < 4.78 is 11.6. The topological polar surface area (TPSA) is 50.8 Å². The summed E-state index contributed by atoms with van der Waals surface area (Å²) in [7, 11) is 0. The Morgan fingerprint density at radius 2 is 1.70 bits per heavy atom. The SMILES string of the molecule is CCCOc1ccc(C(=O)N2CCC(CNCC)CC2)cc1OCCC.Cl. The van der Waals surface area contributed by atoms with E-state index < -0.39 is 0 Å². The minimum Gasteiger partial charge on any atom is -0.490 e. The Morgan fingerprint density at radius 3 is 2.30 bits per heavy atom. The van der Waals surface area contributed by atoms with Crippen LogP contribution in [0.5, 0.6) is 11.5 Å². The smallest absolute Gasteiger partial charge is 0.253 e. The van der Waals surface area contributed by atoms with Crippen LogP contribution in [0.4, 0.5) is 0 Å². The normalized spacial score (nSPS) is 14.6. The molecule has 154 valence electrons. The third-order valence-corrected chi connectivity index (χ3v) is 4.70. The van der Waals surface area contributed by atoms with E-state index in [0.29, 0.717) is 30.4 Å². The molecule has 0 atom stereocenters. The zero-order chi connectivity index (χ0) is 18.8. The first-order valence-corrected chi connectivity index (χ1v) is 10.1. The van der Waals surface area contributed by atoms with E-state index >= 15 is 0 Å². The highest BCUT2D eigenvalue weighted by Crippen LogP contribution is 2.30. The molecule has 1 N–H and O–H groups in total. The standard InChI is InChI=1S/C21H34N2O3.ClH/c1-4-13-25-19-8-7-18(15-20(19)26-14-5-2)21(24)23-11-9-17(10-12-23)16-22-6-3;/h7-8,15,17,22H,4-6,9-14,16H2,1-3H3;1H. The summed E-state index contributed by atoms with van der Waals surface area (Å²) in [6.07, 6.45) is 3.99. The van der Waals surface area contributed by atoms with Gasteiger partial charge in [-0.1, -0.05) is 20.8 Å². The van der Waals surface area contributed by atoms with Crippen LogP contribution in [-0.2, 0) is 0 Å². The van der Waals surface area contributed by atoms with Crippen molar-refractivity contribution < 1.29 is 14.3 Å². The number of piperidine rings is 1. The van der Waals surface area contributed by atoms with Crippen LogP contribution in [0.3, 0.4) is 0 Å². The molecule has 5 nitrogen and oxygen atoms in total. The predicted molar refractivity (Wildman–Crippen MR) is 112 cm³/mol. The molecule has 1 aromatic carbocycles. The zero-order valence-electron chi connectivity index (χ0n) is 17.0. The molecule has 1 saturated heterocycles. The summed E-state index contributed by atoms with van der Waals surface area (Å²) in [5, 5.41) is 3.41. The van der Waals surface area contributed by atoms with Crippen LogP contribution in [-0.4, -0.2) is 50.2 Å². The lowest BCUT2D eigenvalue weighted by molar-refractivity contribution is 0.0689. The number of hydrogen-bond donors (Lipinski definition) is 1. The van der Waals surface area contributed by atoms with Gasteiger partial charge in [-0.15, -0.1) is 12.4 Å². The number of carbonyl (C=O) groups is 1. The number of halogens is 1. The van der Waals surface area contributed by atoms with Crippen molar-refractivity contribution in [2.75, 3.05) is 39.4 Å². The van der Waals surface area contributed by atoms with Crippen LogP contribution in [0.1, 0.15) is 56.8 Å². The number of likely N-dealkylation sites (tertiary alicyclic amines) is 1. The molecule has 0 bridgehead atoms. The van der Waals surface area contributed by atoms with E-state index in [9.17, 15) is 4.79 Å². The number of nitrogens with one attached hydrogen (secondary N) is 1. The number of nitrogens with zero attached hydrogens (tertiary/aromatic N) is 1. The molecule has 1 amide bonds. The molecular weight excluding hydrogens is 364 g/mol. The molecule has 0 aliphatic carbocycles. The maximum absolute atomic E-state index is 12.9. The molecule has 0 aromatic heterocycles. The fourth-order valence-electron chi connectivity index (χ4n) is 3.17. The fraction of sp³-hybridized carbons (Fsp3) is 0.667. The van der Waals surface area contributed by atoms with Gasteiger partial charge in [-0.2, -0.15) is 0 Å². The van der Waals surface area contributed by atoms with Crippen molar-refractivity contribution in [3.05, 3.63) is 23.8 Å². The number of ether oxygens (including phenoxy) is 2. The highest BCUT2D eigenvalue weighted by Gasteiger charge is 2.24. The summed E-state index contributed by atoms with van der Waals surface area (Å²) in [5.74, 6) is 2.16. The first-order chi connectivity index (χ1) is 12.7. The second-order valence-electron chi connectivity index (χ2n) is 6.90. The van der Waals surface area contributed by atoms with Gasteiger partial charge in [0.05, 0.1) is 13.2 Å². The van der Waals surface area contributed by atoms with Crippen molar-refractivity contribution in [3.63, 3.8) is 0 Å². The second-order valence-corrected chi connectivity index (χ2v) is 6.90. The molecule has 1 fully saturated rings. The van der Waals surface area contributed by atoms with Crippen LogP contribution in [0.2, 0.25) is 0 Å². The van der Waals surface area contributed by atoms with Crippen molar-refractivity contribution in [2.24, 2.45) is 5.92 Å². The number of hydrogen-bond acceptors (Lipinski definition) is 4. The average molecular weight is 399 g/mol. The molecule has 0 radical (unpaired) electrons. The molecule has 27 heavy (non-hydrogen) atoms. The number of rotatable bonds is 10. The minimum absolute atomic E-state index is 0. The van der Waals surface area contributed by atoms with Crippen molar-refractivity contribution >= 4 is 18.3 Å². The molecule has 0 spiro atoms. The number of carbonyl (C=O) groups excluding carboxylic acids is 1. The zero-order valence-corrected chi connectivity index (χ0v) is 17.8. The van der Waals surface area contributed by atoms with Gasteiger partial charge in [0.2, 0.25) is 0 Å². The van der Waals surface area contributed by atoms with Crippen molar-refractivity contribution in [1.29, 1.82) is 0 Å². The summed E-state index contributed by atoms with van der Waals surface area (Å²) in [6.45, 7) is 11.3. The van der Waals surface area contributed by atoms with Crippen molar-refractivity contribution in [3.8, 4) is 11.5 Å². The summed E-state index contributed by atoms with van der Waals surface area (Å²) in [6, 6.07) is 5.57. The van der Waals surface area contributed by atoms with Gasteiger partial charge in [-0.05, 0) is 62.9 Å². The molecule has 0 saturated carbocycles. The first kappa shape index (κ1) is 23.6. The Balaban J connectivity index is 0.00000364. The third kappa shape index (κ3) is 7.23. The average Bonchev–Trinajstić information content (AvgIpc) is 2.69. The summed E-state index contributed by atoms with van der Waals surface area (Å²) >= 11 is 0.